The smallest absolute Gasteiger partial charge is 0.338 e. The summed E-state index contributed by atoms with van der Waals surface area (Å²) in [5, 5.41) is 2.69. The number of benzene rings is 2. The molecule has 5 nitrogen and oxygen atoms in total. The molecule has 2 aromatic rings. The van der Waals surface area contributed by atoms with Crippen molar-refractivity contribution >= 4 is 33.5 Å². The lowest BCUT2D eigenvalue weighted by atomic mass is 10.1. The average Bonchev–Trinajstić information content (AvgIpc) is 2.57. The van der Waals surface area contributed by atoms with Crippen LogP contribution < -0.4 is 5.32 Å². The van der Waals surface area contributed by atoms with E-state index in [0.717, 1.165) is 15.6 Å². The molecular formula is C18H18BrNO4. The second kappa shape index (κ2) is 8.61. The van der Waals surface area contributed by atoms with Crippen LogP contribution >= 0.6 is 15.9 Å². The van der Waals surface area contributed by atoms with Crippen LogP contribution in [0.2, 0.25) is 0 Å². The van der Waals surface area contributed by atoms with E-state index in [4.69, 9.17) is 9.47 Å². The number of methoxy groups -OCH3 is 1. The first kappa shape index (κ1) is 18.2. The molecule has 6 heteroatoms. The predicted octanol–water partition coefficient (Wildman–Crippen LogP) is 3.70. The van der Waals surface area contributed by atoms with E-state index in [-0.39, 0.29) is 12.5 Å². The summed E-state index contributed by atoms with van der Waals surface area (Å²) in [4.78, 5) is 23.8. The molecule has 0 fully saturated rings. The zero-order valence-electron chi connectivity index (χ0n) is 13.5. The number of rotatable bonds is 6. The predicted molar refractivity (Wildman–Crippen MR) is 94.9 cm³/mol. The fraction of sp³-hybridized carbons (Fsp3) is 0.222. The Bertz CT molecular complexity index is 728. The van der Waals surface area contributed by atoms with Crippen LogP contribution in [-0.2, 0) is 20.9 Å². The summed E-state index contributed by atoms with van der Waals surface area (Å²) in [6, 6.07) is 12.3. The van der Waals surface area contributed by atoms with Gasteiger partial charge in [-0.05, 0) is 48.4 Å². The van der Waals surface area contributed by atoms with Crippen molar-refractivity contribution in [3.05, 3.63) is 63.6 Å². The van der Waals surface area contributed by atoms with Crippen molar-refractivity contribution in [3.8, 4) is 0 Å². The first-order chi connectivity index (χ1) is 11.5. The van der Waals surface area contributed by atoms with Gasteiger partial charge in [0.15, 0.2) is 6.61 Å². The number of carbonyl (C=O) groups excluding carboxylic acids is 2. The van der Waals surface area contributed by atoms with Crippen LogP contribution in [0, 0.1) is 6.92 Å². The third kappa shape index (κ3) is 5.18. The Morgan fingerprint density at radius 2 is 1.83 bits per heavy atom. The molecule has 0 heterocycles. The molecule has 0 aliphatic rings. The molecule has 0 spiro atoms. The number of aryl methyl sites for hydroxylation is 1. The minimum atomic E-state index is -0.541. The summed E-state index contributed by atoms with van der Waals surface area (Å²) in [5.41, 5.74) is 3.00. The van der Waals surface area contributed by atoms with Crippen LogP contribution in [0.3, 0.4) is 0 Å². The molecule has 24 heavy (non-hydrogen) atoms. The van der Waals surface area contributed by atoms with E-state index < -0.39 is 5.97 Å². The Balaban J connectivity index is 1.86. The molecule has 0 atom stereocenters. The van der Waals surface area contributed by atoms with Gasteiger partial charge >= 0.3 is 5.97 Å². The Labute approximate surface area is 149 Å². The van der Waals surface area contributed by atoms with Crippen LogP contribution in [0.15, 0.2) is 46.9 Å². The summed E-state index contributed by atoms with van der Waals surface area (Å²) in [6.07, 6.45) is 0. The number of nitrogens with one attached hydrogen (secondary N) is 1. The van der Waals surface area contributed by atoms with Crippen LogP contribution in [0.4, 0.5) is 5.69 Å². The van der Waals surface area contributed by atoms with Crippen LogP contribution in [0.5, 0.6) is 0 Å². The number of carbonyl (C=O) groups is 2. The normalized spacial score (nSPS) is 10.3. The number of amides is 1. The van der Waals surface area contributed by atoms with Crippen LogP contribution in [0.1, 0.15) is 21.5 Å². The second-order valence-corrected chi connectivity index (χ2v) is 6.07. The van der Waals surface area contributed by atoms with Crippen molar-refractivity contribution in [2.45, 2.75) is 13.5 Å². The molecule has 2 aromatic carbocycles. The van der Waals surface area contributed by atoms with Crippen molar-refractivity contribution in [3.63, 3.8) is 0 Å². The van der Waals surface area contributed by atoms with Crippen molar-refractivity contribution in [2.75, 3.05) is 19.0 Å². The van der Waals surface area contributed by atoms with Gasteiger partial charge in [-0.3, -0.25) is 4.79 Å². The highest BCUT2D eigenvalue weighted by atomic mass is 79.9. The SMILES string of the molecule is COCc1ccc(C(=O)OCC(=O)Nc2ccc(Br)c(C)c2)cc1. The minimum Gasteiger partial charge on any atom is -0.452 e. The summed E-state index contributed by atoms with van der Waals surface area (Å²) in [7, 11) is 1.60. The summed E-state index contributed by atoms with van der Waals surface area (Å²) >= 11 is 3.40. The Kier molecular flexibility index (Phi) is 6.52. The number of halogens is 1. The third-order valence-corrected chi connectivity index (χ3v) is 4.17. The molecule has 0 aliphatic carbocycles. The van der Waals surface area contributed by atoms with Gasteiger partial charge in [-0.25, -0.2) is 4.79 Å². The van der Waals surface area contributed by atoms with E-state index in [1.165, 1.54) is 0 Å². The molecule has 2 rings (SSSR count). The number of esters is 1. The Hall–Kier alpha value is -2.18. The molecular weight excluding hydrogens is 374 g/mol. The minimum absolute atomic E-state index is 0.340. The molecule has 0 aromatic heterocycles. The number of anilines is 1. The lowest BCUT2D eigenvalue weighted by Crippen LogP contribution is -2.21. The van der Waals surface area contributed by atoms with Gasteiger partial charge in [-0.1, -0.05) is 28.1 Å². The highest BCUT2D eigenvalue weighted by Crippen LogP contribution is 2.19. The molecule has 1 N–H and O–H groups in total. The first-order valence-electron chi connectivity index (χ1n) is 7.30. The van der Waals surface area contributed by atoms with Crippen LogP contribution in [-0.4, -0.2) is 25.6 Å². The monoisotopic (exact) mass is 391 g/mol. The zero-order valence-corrected chi connectivity index (χ0v) is 15.1. The van der Waals surface area contributed by atoms with Gasteiger partial charge in [0.1, 0.15) is 0 Å². The number of ether oxygens (including phenoxy) is 2. The highest BCUT2D eigenvalue weighted by molar-refractivity contribution is 9.10. The average molecular weight is 392 g/mol. The van der Waals surface area contributed by atoms with Gasteiger partial charge in [0.05, 0.1) is 12.2 Å². The maximum absolute atomic E-state index is 11.9. The molecule has 0 bridgehead atoms. The molecule has 1 amide bonds. The lowest BCUT2D eigenvalue weighted by molar-refractivity contribution is -0.119. The maximum atomic E-state index is 11.9. The summed E-state index contributed by atoms with van der Waals surface area (Å²) < 4.78 is 11.0. The van der Waals surface area contributed by atoms with E-state index in [1.54, 1.807) is 37.4 Å². The van der Waals surface area contributed by atoms with Gasteiger partial charge in [0.2, 0.25) is 0 Å². The third-order valence-electron chi connectivity index (χ3n) is 3.28. The fourth-order valence-corrected chi connectivity index (χ4v) is 2.28. The van der Waals surface area contributed by atoms with Gasteiger partial charge in [0.25, 0.3) is 5.91 Å². The van der Waals surface area contributed by atoms with Crippen molar-refractivity contribution in [1.29, 1.82) is 0 Å². The van der Waals surface area contributed by atoms with Gasteiger partial charge in [0, 0.05) is 17.3 Å². The molecule has 0 saturated carbocycles. The molecule has 0 radical (unpaired) electrons. The Morgan fingerprint density at radius 1 is 1.12 bits per heavy atom. The summed E-state index contributed by atoms with van der Waals surface area (Å²) in [5.74, 6) is -0.929. The standard InChI is InChI=1S/C18H18BrNO4/c1-12-9-15(7-8-16(12)19)20-17(21)11-24-18(22)14-5-3-13(4-6-14)10-23-2/h3-9H,10-11H2,1-2H3,(H,20,21). The van der Waals surface area contributed by atoms with Gasteiger partial charge < -0.3 is 14.8 Å². The quantitative estimate of drug-likeness (QED) is 0.762. The lowest BCUT2D eigenvalue weighted by Gasteiger charge is -2.08. The highest BCUT2D eigenvalue weighted by Gasteiger charge is 2.10. The van der Waals surface area contributed by atoms with Crippen molar-refractivity contribution in [1.82, 2.24) is 0 Å². The topological polar surface area (TPSA) is 64.6 Å². The summed E-state index contributed by atoms with van der Waals surface area (Å²) in [6.45, 7) is 2.06. The number of hydrogen-bond donors (Lipinski definition) is 1. The zero-order chi connectivity index (χ0) is 17.5. The maximum Gasteiger partial charge on any atom is 0.338 e. The molecule has 0 unspecified atom stereocenters. The second-order valence-electron chi connectivity index (χ2n) is 5.22. The Morgan fingerprint density at radius 3 is 2.46 bits per heavy atom. The van der Waals surface area contributed by atoms with E-state index in [2.05, 4.69) is 21.2 Å². The fourth-order valence-electron chi connectivity index (χ4n) is 2.04. The molecule has 0 saturated heterocycles. The van der Waals surface area contributed by atoms with E-state index in [0.29, 0.717) is 17.9 Å². The van der Waals surface area contributed by atoms with Gasteiger partial charge in [-0.2, -0.15) is 0 Å². The van der Waals surface area contributed by atoms with Crippen molar-refractivity contribution < 1.29 is 19.1 Å². The van der Waals surface area contributed by atoms with E-state index >= 15 is 0 Å². The van der Waals surface area contributed by atoms with Gasteiger partial charge in [-0.15, -0.1) is 0 Å². The number of hydrogen-bond acceptors (Lipinski definition) is 4. The first-order valence-corrected chi connectivity index (χ1v) is 8.10. The largest absolute Gasteiger partial charge is 0.452 e. The van der Waals surface area contributed by atoms with Crippen LogP contribution in [0.25, 0.3) is 0 Å². The molecule has 126 valence electrons. The van der Waals surface area contributed by atoms with E-state index in [1.807, 2.05) is 19.1 Å². The van der Waals surface area contributed by atoms with E-state index in [9.17, 15) is 9.59 Å². The van der Waals surface area contributed by atoms with Crippen molar-refractivity contribution in [2.24, 2.45) is 0 Å². The molecule has 0 aliphatic heterocycles.